The molecule has 2 aliphatic rings. The normalized spacial score (nSPS) is 22.2. The molecule has 1 N–H and O–H groups in total. The van der Waals surface area contributed by atoms with E-state index in [1.165, 1.54) is 17.7 Å². The lowest BCUT2D eigenvalue weighted by Crippen LogP contribution is -2.54. The van der Waals surface area contributed by atoms with Crippen LogP contribution in [0.5, 0.6) is 0 Å². The molecule has 2 fully saturated rings. The molecule has 2 heterocycles. The Morgan fingerprint density at radius 3 is 2.64 bits per heavy atom. The zero-order valence-corrected chi connectivity index (χ0v) is 16.1. The van der Waals surface area contributed by atoms with E-state index < -0.39 is 0 Å². The fourth-order valence-corrected chi connectivity index (χ4v) is 4.40. The number of anilines is 1. The quantitative estimate of drug-likeness (QED) is 0.858. The second-order valence-electron chi connectivity index (χ2n) is 7.80. The van der Waals surface area contributed by atoms with Crippen LogP contribution in [0.15, 0.2) is 54.6 Å². The third kappa shape index (κ3) is 3.96. The molecule has 0 aromatic heterocycles. The number of rotatable bonds is 5. The van der Waals surface area contributed by atoms with Crippen molar-refractivity contribution in [2.45, 2.75) is 37.1 Å². The van der Waals surface area contributed by atoms with Crippen molar-refractivity contribution < 1.29 is 13.9 Å². The number of carbonyl (C=O) groups is 1. The Morgan fingerprint density at radius 1 is 1.11 bits per heavy atom. The smallest absolute Gasteiger partial charge is 0.244 e. The second kappa shape index (κ2) is 8.41. The molecule has 0 saturated carbocycles. The van der Waals surface area contributed by atoms with Gasteiger partial charge in [0.15, 0.2) is 0 Å². The zero-order chi connectivity index (χ0) is 19.4. The van der Waals surface area contributed by atoms with Gasteiger partial charge in [0.25, 0.3) is 0 Å². The van der Waals surface area contributed by atoms with Crippen LogP contribution in [-0.2, 0) is 14.9 Å². The van der Waals surface area contributed by atoms with Gasteiger partial charge in [0.05, 0.1) is 6.04 Å². The lowest BCUT2D eigenvalue weighted by atomic mass is 9.74. The van der Waals surface area contributed by atoms with Gasteiger partial charge in [-0.2, -0.15) is 0 Å². The van der Waals surface area contributed by atoms with E-state index in [2.05, 4.69) is 29.6 Å². The van der Waals surface area contributed by atoms with Gasteiger partial charge in [-0.15, -0.1) is 0 Å². The molecule has 0 aliphatic carbocycles. The van der Waals surface area contributed by atoms with E-state index in [0.29, 0.717) is 12.2 Å². The van der Waals surface area contributed by atoms with Crippen LogP contribution in [0.2, 0.25) is 0 Å². The van der Waals surface area contributed by atoms with E-state index in [4.69, 9.17) is 4.74 Å². The summed E-state index contributed by atoms with van der Waals surface area (Å²) in [5.41, 5.74) is 1.93. The number of piperidine rings is 1. The number of benzene rings is 2. The van der Waals surface area contributed by atoms with Crippen molar-refractivity contribution in [1.82, 2.24) is 5.32 Å². The molecule has 4 nitrogen and oxygen atoms in total. The molecule has 4 rings (SSSR count). The van der Waals surface area contributed by atoms with Crippen LogP contribution in [-0.4, -0.2) is 38.3 Å². The molecule has 1 amide bonds. The van der Waals surface area contributed by atoms with E-state index in [9.17, 15) is 9.18 Å². The van der Waals surface area contributed by atoms with Gasteiger partial charge in [-0.05, 0) is 49.4 Å². The molecular formula is C23H27FN2O2. The number of hydrogen-bond acceptors (Lipinski definition) is 3. The van der Waals surface area contributed by atoms with Crippen LogP contribution in [0.3, 0.4) is 0 Å². The first kappa shape index (κ1) is 19.1. The van der Waals surface area contributed by atoms with Crippen LogP contribution in [0.4, 0.5) is 10.1 Å². The summed E-state index contributed by atoms with van der Waals surface area (Å²) in [6.45, 7) is 2.86. The summed E-state index contributed by atoms with van der Waals surface area (Å²) in [4.78, 5) is 14.8. The minimum Gasteiger partial charge on any atom is -0.381 e. The molecule has 2 aliphatic heterocycles. The number of hydrogen-bond donors (Lipinski definition) is 1. The number of amides is 1. The molecular weight excluding hydrogens is 355 g/mol. The highest BCUT2D eigenvalue weighted by Gasteiger charge is 2.37. The molecule has 1 atom stereocenters. The number of halogens is 1. The number of ether oxygens (including phenoxy) is 1. The number of nitrogens with one attached hydrogen (secondary N) is 1. The standard InChI is InChI=1S/C23H27FN2O2/c24-19-8-4-9-20(16-19)26-13-5-10-21(22(26)27)25-17-23(11-14-28-15-12-23)18-6-2-1-3-7-18/h1-4,6-9,16,21,25H,5,10-15,17H2. The monoisotopic (exact) mass is 382 g/mol. The van der Waals surface area contributed by atoms with Gasteiger partial charge in [-0.1, -0.05) is 36.4 Å². The summed E-state index contributed by atoms with van der Waals surface area (Å²) in [6.07, 6.45) is 3.60. The fourth-order valence-electron chi connectivity index (χ4n) is 4.40. The highest BCUT2D eigenvalue weighted by molar-refractivity contribution is 5.97. The Morgan fingerprint density at radius 2 is 1.89 bits per heavy atom. The van der Waals surface area contributed by atoms with E-state index in [1.54, 1.807) is 17.0 Å². The molecule has 2 saturated heterocycles. The van der Waals surface area contributed by atoms with Crippen molar-refractivity contribution in [3.05, 3.63) is 66.0 Å². The minimum absolute atomic E-state index is 0.0130. The van der Waals surface area contributed by atoms with Crippen molar-refractivity contribution in [2.24, 2.45) is 0 Å². The molecule has 2 aromatic carbocycles. The van der Waals surface area contributed by atoms with Gasteiger partial charge in [0, 0.05) is 37.4 Å². The lowest BCUT2D eigenvalue weighted by molar-refractivity contribution is -0.121. The van der Waals surface area contributed by atoms with E-state index in [0.717, 1.165) is 45.4 Å². The number of nitrogens with zero attached hydrogens (tertiary/aromatic N) is 1. The Balaban J connectivity index is 1.49. The fraction of sp³-hybridized carbons (Fsp3) is 0.435. The number of carbonyl (C=O) groups excluding carboxylic acids is 1. The van der Waals surface area contributed by atoms with Crippen LogP contribution >= 0.6 is 0 Å². The minimum atomic E-state index is -0.314. The lowest BCUT2D eigenvalue weighted by Gasteiger charge is -2.40. The van der Waals surface area contributed by atoms with Crippen LogP contribution in [0.1, 0.15) is 31.2 Å². The maximum atomic E-state index is 13.6. The van der Waals surface area contributed by atoms with Crippen molar-refractivity contribution in [3.8, 4) is 0 Å². The Labute approximate surface area is 165 Å². The molecule has 148 valence electrons. The van der Waals surface area contributed by atoms with Crippen molar-refractivity contribution in [1.29, 1.82) is 0 Å². The molecule has 0 spiro atoms. The predicted molar refractivity (Wildman–Crippen MR) is 108 cm³/mol. The predicted octanol–water partition coefficient (Wildman–Crippen LogP) is 3.66. The first-order chi connectivity index (χ1) is 13.7. The van der Waals surface area contributed by atoms with E-state index >= 15 is 0 Å². The molecule has 28 heavy (non-hydrogen) atoms. The summed E-state index contributed by atoms with van der Waals surface area (Å²) in [6, 6.07) is 16.6. The SMILES string of the molecule is O=C1C(NCC2(c3ccccc3)CCOCC2)CCCN1c1cccc(F)c1. The molecule has 5 heteroatoms. The Hall–Kier alpha value is -2.24. The van der Waals surface area contributed by atoms with Gasteiger partial charge in [0.2, 0.25) is 5.91 Å². The Kier molecular flexibility index (Phi) is 5.74. The first-order valence-electron chi connectivity index (χ1n) is 10.1. The van der Waals surface area contributed by atoms with Gasteiger partial charge >= 0.3 is 0 Å². The van der Waals surface area contributed by atoms with Crippen molar-refractivity contribution in [3.63, 3.8) is 0 Å². The van der Waals surface area contributed by atoms with Gasteiger partial charge in [-0.3, -0.25) is 4.79 Å². The van der Waals surface area contributed by atoms with Crippen LogP contribution in [0.25, 0.3) is 0 Å². The van der Waals surface area contributed by atoms with Crippen molar-refractivity contribution >= 4 is 11.6 Å². The highest BCUT2D eigenvalue weighted by atomic mass is 19.1. The molecule has 2 aromatic rings. The van der Waals surface area contributed by atoms with Gasteiger partial charge in [0.1, 0.15) is 5.82 Å². The average molecular weight is 382 g/mol. The second-order valence-corrected chi connectivity index (χ2v) is 7.80. The average Bonchev–Trinajstić information content (AvgIpc) is 2.74. The summed E-state index contributed by atoms with van der Waals surface area (Å²) < 4.78 is 19.2. The maximum absolute atomic E-state index is 13.6. The van der Waals surface area contributed by atoms with Crippen molar-refractivity contribution in [2.75, 3.05) is 31.2 Å². The zero-order valence-electron chi connectivity index (χ0n) is 16.1. The topological polar surface area (TPSA) is 41.6 Å². The van der Waals surface area contributed by atoms with Gasteiger partial charge < -0.3 is 15.0 Å². The molecule has 0 radical (unpaired) electrons. The maximum Gasteiger partial charge on any atom is 0.244 e. The summed E-state index contributed by atoms with van der Waals surface area (Å²) in [7, 11) is 0. The van der Waals surface area contributed by atoms with Crippen LogP contribution < -0.4 is 10.2 Å². The molecule has 1 unspecified atom stereocenters. The first-order valence-corrected chi connectivity index (χ1v) is 10.1. The third-order valence-corrected chi connectivity index (χ3v) is 6.08. The summed E-state index contributed by atoms with van der Waals surface area (Å²) >= 11 is 0. The van der Waals surface area contributed by atoms with E-state index in [-0.39, 0.29) is 23.2 Å². The largest absolute Gasteiger partial charge is 0.381 e. The Bertz CT molecular complexity index is 805. The molecule has 0 bridgehead atoms. The summed E-state index contributed by atoms with van der Waals surface area (Å²) in [5.74, 6) is -0.280. The van der Waals surface area contributed by atoms with E-state index in [1.807, 2.05) is 6.07 Å². The summed E-state index contributed by atoms with van der Waals surface area (Å²) in [5, 5.41) is 3.55. The van der Waals surface area contributed by atoms with Gasteiger partial charge in [-0.25, -0.2) is 4.39 Å². The highest BCUT2D eigenvalue weighted by Crippen LogP contribution is 2.34. The van der Waals surface area contributed by atoms with Crippen LogP contribution in [0, 0.1) is 5.82 Å². The third-order valence-electron chi connectivity index (χ3n) is 6.08.